The Morgan fingerprint density at radius 3 is 2.65 bits per heavy atom. The van der Waals surface area contributed by atoms with Crippen LogP contribution in [0.5, 0.6) is 5.75 Å². The summed E-state index contributed by atoms with van der Waals surface area (Å²) in [7, 11) is 0. The van der Waals surface area contributed by atoms with E-state index in [0.29, 0.717) is 6.54 Å². The van der Waals surface area contributed by atoms with Gasteiger partial charge in [0.1, 0.15) is 11.5 Å². The molecule has 0 radical (unpaired) electrons. The van der Waals surface area contributed by atoms with Crippen molar-refractivity contribution in [2.24, 2.45) is 5.73 Å². The molecule has 0 bridgehead atoms. The highest BCUT2D eigenvalue weighted by atomic mass is 79.9. The van der Waals surface area contributed by atoms with E-state index in [9.17, 15) is 0 Å². The molecule has 0 saturated heterocycles. The lowest BCUT2D eigenvalue weighted by molar-refractivity contribution is 0.184. The van der Waals surface area contributed by atoms with Crippen LogP contribution in [0.1, 0.15) is 11.9 Å². The van der Waals surface area contributed by atoms with Crippen molar-refractivity contribution in [3.05, 3.63) is 65.0 Å². The second kappa shape index (κ2) is 5.69. The predicted molar refractivity (Wildman–Crippen MR) is 82.8 cm³/mol. The molecule has 3 aromatic rings. The number of fused-ring (bicyclic) bond motifs is 1. The molecule has 2 aromatic carbocycles. The summed E-state index contributed by atoms with van der Waals surface area (Å²) in [6.07, 6.45) is 1.36. The van der Waals surface area contributed by atoms with E-state index >= 15 is 0 Å². The van der Waals surface area contributed by atoms with E-state index in [1.807, 2.05) is 36.4 Å². The van der Waals surface area contributed by atoms with E-state index in [2.05, 4.69) is 28.1 Å². The van der Waals surface area contributed by atoms with Crippen LogP contribution in [-0.4, -0.2) is 6.54 Å². The molecular weight excluding hydrogens is 318 g/mol. The van der Waals surface area contributed by atoms with Crippen LogP contribution in [-0.2, 0) is 0 Å². The summed E-state index contributed by atoms with van der Waals surface area (Å²) in [4.78, 5) is 0. The third-order valence-corrected chi connectivity index (χ3v) is 3.62. The largest absolute Gasteiger partial charge is 0.481 e. The van der Waals surface area contributed by atoms with Gasteiger partial charge in [-0.3, -0.25) is 0 Å². The van der Waals surface area contributed by atoms with Crippen LogP contribution in [0.15, 0.2) is 63.7 Å². The van der Waals surface area contributed by atoms with Gasteiger partial charge in [-0.05, 0) is 47.2 Å². The van der Waals surface area contributed by atoms with Crippen molar-refractivity contribution in [2.45, 2.75) is 6.10 Å². The first-order chi connectivity index (χ1) is 9.76. The van der Waals surface area contributed by atoms with Crippen LogP contribution in [0, 0.1) is 0 Å². The maximum absolute atomic E-state index is 5.92. The highest BCUT2D eigenvalue weighted by Gasteiger charge is 2.14. The van der Waals surface area contributed by atoms with Crippen molar-refractivity contribution in [1.29, 1.82) is 0 Å². The molecule has 0 aliphatic rings. The SMILES string of the molecule is NCC(Oc1ccc2cc(Br)ccc2c1)c1ccco1. The molecule has 102 valence electrons. The van der Waals surface area contributed by atoms with Gasteiger partial charge in [0.15, 0.2) is 6.10 Å². The Balaban J connectivity index is 1.88. The summed E-state index contributed by atoms with van der Waals surface area (Å²) >= 11 is 3.47. The van der Waals surface area contributed by atoms with E-state index in [4.69, 9.17) is 14.9 Å². The van der Waals surface area contributed by atoms with Gasteiger partial charge in [-0.1, -0.05) is 28.1 Å². The standard InChI is InChI=1S/C16H14BrNO2/c17-13-5-3-12-9-14(6-4-11(12)8-13)20-16(10-18)15-2-1-7-19-15/h1-9,16H,10,18H2. The van der Waals surface area contributed by atoms with E-state index in [1.54, 1.807) is 6.26 Å². The molecule has 1 aromatic heterocycles. The van der Waals surface area contributed by atoms with E-state index in [0.717, 1.165) is 26.8 Å². The fourth-order valence-electron chi connectivity index (χ4n) is 2.13. The molecule has 0 fully saturated rings. The number of furan rings is 1. The van der Waals surface area contributed by atoms with Gasteiger partial charge >= 0.3 is 0 Å². The highest BCUT2D eigenvalue weighted by molar-refractivity contribution is 9.10. The van der Waals surface area contributed by atoms with E-state index in [1.165, 1.54) is 0 Å². The quantitative estimate of drug-likeness (QED) is 0.776. The normalized spacial score (nSPS) is 12.5. The molecule has 1 atom stereocenters. The highest BCUT2D eigenvalue weighted by Crippen LogP contribution is 2.27. The molecule has 3 rings (SSSR count). The Hall–Kier alpha value is -1.78. The van der Waals surface area contributed by atoms with Gasteiger partial charge in [-0.25, -0.2) is 0 Å². The maximum Gasteiger partial charge on any atom is 0.168 e. The summed E-state index contributed by atoms with van der Waals surface area (Å²) in [5, 5.41) is 2.29. The van der Waals surface area contributed by atoms with Gasteiger partial charge in [-0.2, -0.15) is 0 Å². The third-order valence-electron chi connectivity index (χ3n) is 3.13. The van der Waals surface area contributed by atoms with E-state index < -0.39 is 0 Å². The lowest BCUT2D eigenvalue weighted by Crippen LogP contribution is -2.17. The smallest absolute Gasteiger partial charge is 0.168 e. The molecule has 0 aliphatic carbocycles. The predicted octanol–water partition coefficient (Wildman–Crippen LogP) is 4.27. The van der Waals surface area contributed by atoms with Crippen LogP contribution in [0.3, 0.4) is 0 Å². The maximum atomic E-state index is 5.92. The van der Waals surface area contributed by atoms with Gasteiger partial charge < -0.3 is 14.9 Å². The topological polar surface area (TPSA) is 48.4 Å². The van der Waals surface area contributed by atoms with Crippen molar-refractivity contribution in [3.8, 4) is 5.75 Å². The summed E-state index contributed by atoms with van der Waals surface area (Å²) in [6.45, 7) is 0.367. The van der Waals surface area contributed by atoms with Crippen LogP contribution >= 0.6 is 15.9 Å². The number of hydrogen-bond acceptors (Lipinski definition) is 3. The first kappa shape index (κ1) is 13.2. The minimum atomic E-state index is -0.266. The molecular formula is C16H14BrNO2. The molecule has 2 N–H and O–H groups in total. The lowest BCUT2D eigenvalue weighted by Gasteiger charge is -2.15. The Bertz CT molecular complexity index is 710. The zero-order valence-corrected chi connectivity index (χ0v) is 12.3. The van der Waals surface area contributed by atoms with Gasteiger partial charge in [0.2, 0.25) is 0 Å². The number of benzene rings is 2. The molecule has 0 amide bonds. The van der Waals surface area contributed by atoms with Crippen LogP contribution in [0.25, 0.3) is 10.8 Å². The van der Waals surface area contributed by atoms with Crippen molar-refractivity contribution >= 4 is 26.7 Å². The Morgan fingerprint density at radius 2 is 1.90 bits per heavy atom. The minimum absolute atomic E-state index is 0.266. The second-order valence-corrected chi connectivity index (χ2v) is 5.43. The minimum Gasteiger partial charge on any atom is -0.481 e. The van der Waals surface area contributed by atoms with E-state index in [-0.39, 0.29) is 6.10 Å². The Kier molecular flexibility index (Phi) is 3.76. The number of nitrogens with two attached hydrogens (primary N) is 1. The first-order valence-electron chi connectivity index (χ1n) is 6.36. The zero-order chi connectivity index (χ0) is 13.9. The van der Waals surface area contributed by atoms with Crippen LogP contribution in [0.4, 0.5) is 0 Å². The first-order valence-corrected chi connectivity index (χ1v) is 7.15. The molecule has 20 heavy (non-hydrogen) atoms. The average molecular weight is 332 g/mol. The Morgan fingerprint density at radius 1 is 1.10 bits per heavy atom. The summed E-state index contributed by atoms with van der Waals surface area (Å²) in [5.74, 6) is 1.52. The second-order valence-electron chi connectivity index (χ2n) is 4.51. The van der Waals surface area contributed by atoms with Crippen LogP contribution < -0.4 is 10.5 Å². The van der Waals surface area contributed by atoms with Crippen LogP contribution in [0.2, 0.25) is 0 Å². The molecule has 3 nitrogen and oxygen atoms in total. The summed E-state index contributed by atoms with van der Waals surface area (Å²) < 4.78 is 12.3. The molecule has 0 spiro atoms. The average Bonchev–Trinajstić information content (AvgIpc) is 2.99. The monoisotopic (exact) mass is 331 g/mol. The molecule has 1 unspecified atom stereocenters. The third kappa shape index (κ3) is 2.71. The molecule has 0 saturated carbocycles. The number of ether oxygens (including phenoxy) is 1. The number of halogens is 1. The molecule has 4 heteroatoms. The summed E-state index contributed by atoms with van der Waals surface area (Å²) in [5.41, 5.74) is 5.75. The number of hydrogen-bond donors (Lipinski definition) is 1. The van der Waals surface area contributed by atoms with Gasteiger partial charge in [-0.15, -0.1) is 0 Å². The number of rotatable bonds is 4. The fourth-order valence-corrected chi connectivity index (χ4v) is 2.51. The lowest BCUT2D eigenvalue weighted by atomic mass is 10.1. The fraction of sp³-hybridized carbons (Fsp3) is 0.125. The van der Waals surface area contributed by atoms with Crippen molar-refractivity contribution in [1.82, 2.24) is 0 Å². The molecule has 1 heterocycles. The van der Waals surface area contributed by atoms with Crippen molar-refractivity contribution < 1.29 is 9.15 Å². The van der Waals surface area contributed by atoms with Crippen molar-refractivity contribution in [3.63, 3.8) is 0 Å². The molecule has 0 aliphatic heterocycles. The Labute approximate surface area is 125 Å². The van der Waals surface area contributed by atoms with Crippen molar-refractivity contribution in [2.75, 3.05) is 6.54 Å². The van der Waals surface area contributed by atoms with Gasteiger partial charge in [0.05, 0.1) is 6.26 Å². The summed E-state index contributed by atoms with van der Waals surface area (Å²) in [6, 6.07) is 15.8. The van der Waals surface area contributed by atoms with Gasteiger partial charge in [0, 0.05) is 11.0 Å². The zero-order valence-electron chi connectivity index (χ0n) is 10.8. The van der Waals surface area contributed by atoms with Gasteiger partial charge in [0.25, 0.3) is 0 Å².